The van der Waals surface area contributed by atoms with Gasteiger partial charge in [0.2, 0.25) is 0 Å². The van der Waals surface area contributed by atoms with Gasteiger partial charge in [-0.1, -0.05) is 30.3 Å². The molecule has 2 rings (SSSR count). The summed E-state index contributed by atoms with van der Waals surface area (Å²) in [6.07, 6.45) is -0.0874. The van der Waals surface area contributed by atoms with Gasteiger partial charge in [0.25, 0.3) is 0 Å². The van der Waals surface area contributed by atoms with E-state index in [-0.39, 0.29) is 12.5 Å². The van der Waals surface area contributed by atoms with Gasteiger partial charge in [0.05, 0.1) is 19.1 Å². The second-order valence-electron chi connectivity index (χ2n) is 4.31. The Labute approximate surface area is 101 Å². The number of morpholine rings is 1. The quantitative estimate of drug-likeness (QED) is 0.856. The molecule has 1 aliphatic heterocycles. The first-order chi connectivity index (χ1) is 8.24. The van der Waals surface area contributed by atoms with Crippen LogP contribution in [0.4, 0.5) is 0 Å². The molecule has 4 heteroatoms. The third kappa shape index (κ3) is 3.84. The lowest BCUT2D eigenvalue weighted by Crippen LogP contribution is -2.42. The summed E-state index contributed by atoms with van der Waals surface area (Å²) in [7, 11) is 0. The molecule has 1 fully saturated rings. The van der Waals surface area contributed by atoms with Crippen LogP contribution in [0.25, 0.3) is 0 Å². The fraction of sp³-hybridized carbons (Fsp3) is 0.462. The Morgan fingerprint density at radius 2 is 2.18 bits per heavy atom. The van der Waals surface area contributed by atoms with Crippen LogP contribution in [0, 0.1) is 0 Å². The zero-order valence-electron chi connectivity index (χ0n) is 9.71. The van der Waals surface area contributed by atoms with Gasteiger partial charge >= 0.3 is 5.97 Å². The molecule has 1 heterocycles. The molecule has 0 unspecified atom stereocenters. The molecule has 1 N–H and O–H groups in total. The van der Waals surface area contributed by atoms with E-state index in [1.54, 1.807) is 0 Å². The average molecular weight is 235 g/mol. The van der Waals surface area contributed by atoms with Crippen molar-refractivity contribution in [3.63, 3.8) is 0 Å². The molecule has 0 aliphatic carbocycles. The standard InChI is InChI=1S/C13H17NO3/c15-13(16)8-12-10-14(6-7-17-12)9-11-4-2-1-3-5-11/h1-5,12H,6-10H2,(H,15,16)/t12-/m0/s1. The third-order valence-corrected chi connectivity index (χ3v) is 2.87. The average Bonchev–Trinajstić information content (AvgIpc) is 2.30. The lowest BCUT2D eigenvalue weighted by molar-refractivity contribution is -0.142. The highest BCUT2D eigenvalue weighted by atomic mass is 16.5. The predicted molar refractivity (Wildman–Crippen MR) is 63.7 cm³/mol. The molecule has 1 atom stereocenters. The second-order valence-corrected chi connectivity index (χ2v) is 4.31. The molecule has 0 bridgehead atoms. The summed E-state index contributed by atoms with van der Waals surface area (Å²) in [6.45, 7) is 3.04. The first-order valence-corrected chi connectivity index (χ1v) is 5.84. The zero-order chi connectivity index (χ0) is 12.1. The summed E-state index contributed by atoms with van der Waals surface area (Å²) >= 11 is 0. The van der Waals surface area contributed by atoms with Gasteiger partial charge in [-0.25, -0.2) is 0 Å². The molecule has 1 saturated heterocycles. The number of hydrogen-bond acceptors (Lipinski definition) is 3. The van der Waals surface area contributed by atoms with Crippen LogP contribution in [0.5, 0.6) is 0 Å². The topological polar surface area (TPSA) is 49.8 Å². The Kier molecular flexibility index (Phi) is 4.12. The van der Waals surface area contributed by atoms with Crippen molar-refractivity contribution in [1.29, 1.82) is 0 Å². The molecule has 1 aromatic carbocycles. The van der Waals surface area contributed by atoms with Crippen molar-refractivity contribution in [2.45, 2.75) is 19.1 Å². The fourth-order valence-electron chi connectivity index (χ4n) is 2.08. The molecule has 1 aliphatic rings. The van der Waals surface area contributed by atoms with Crippen molar-refractivity contribution < 1.29 is 14.6 Å². The number of hydrogen-bond donors (Lipinski definition) is 1. The highest BCUT2D eigenvalue weighted by Gasteiger charge is 2.22. The van der Waals surface area contributed by atoms with Crippen molar-refractivity contribution >= 4 is 5.97 Å². The van der Waals surface area contributed by atoms with Crippen LogP contribution in [0.1, 0.15) is 12.0 Å². The van der Waals surface area contributed by atoms with E-state index in [0.29, 0.717) is 13.2 Å². The smallest absolute Gasteiger partial charge is 0.306 e. The van der Waals surface area contributed by atoms with Crippen LogP contribution in [-0.4, -0.2) is 41.8 Å². The van der Waals surface area contributed by atoms with Gasteiger partial charge < -0.3 is 9.84 Å². The summed E-state index contributed by atoms with van der Waals surface area (Å²) in [6, 6.07) is 10.2. The van der Waals surface area contributed by atoms with E-state index in [1.165, 1.54) is 5.56 Å². The summed E-state index contributed by atoms with van der Waals surface area (Å²) in [4.78, 5) is 12.9. The van der Waals surface area contributed by atoms with E-state index < -0.39 is 5.97 Å². The molecule has 17 heavy (non-hydrogen) atoms. The van der Waals surface area contributed by atoms with Gasteiger partial charge in [-0.2, -0.15) is 0 Å². The lowest BCUT2D eigenvalue weighted by Gasteiger charge is -2.32. The minimum Gasteiger partial charge on any atom is -0.481 e. The fourth-order valence-corrected chi connectivity index (χ4v) is 2.08. The largest absolute Gasteiger partial charge is 0.481 e. The molecule has 92 valence electrons. The van der Waals surface area contributed by atoms with Gasteiger partial charge in [-0.15, -0.1) is 0 Å². The van der Waals surface area contributed by atoms with Crippen LogP contribution in [-0.2, 0) is 16.1 Å². The molecule has 4 nitrogen and oxygen atoms in total. The van der Waals surface area contributed by atoms with Crippen LogP contribution < -0.4 is 0 Å². The molecule has 1 aromatic rings. The van der Waals surface area contributed by atoms with E-state index in [4.69, 9.17) is 9.84 Å². The number of rotatable bonds is 4. The first-order valence-electron chi connectivity index (χ1n) is 5.84. The second kappa shape index (κ2) is 5.80. The molecule has 0 saturated carbocycles. The number of carboxylic acid groups (broad SMARTS) is 1. The van der Waals surface area contributed by atoms with Crippen molar-refractivity contribution in [2.24, 2.45) is 0 Å². The number of carbonyl (C=O) groups is 1. The molecule has 0 spiro atoms. The lowest BCUT2D eigenvalue weighted by atomic mass is 10.1. The summed E-state index contributed by atoms with van der Waals surface area (Å²) in [5.41, 5.74) is 1.25. The van der Waals surface area contributed by atoms with Gasteiger partial charge in [-0.05, 0) is 5.56 Å². The van der Waals surface area contributed by atoms with E-state index >= 15 is 0 Å². The maximum atomic E-state index is 10.6. The Bertz CT molecular complexity index is 366. The maximum absolute atomic E-state index is 10.6. The maximum Gasteiger partial charge on any atom is 0.306 e. The van der Waals surface area contributed by atoms with Gasteiger partial charge in [0, 0.05) is 19.6 Å². The Balaban J connectivity index is 1.87. The molecule has 0 radical (unpaired) electrons. The van der Waals surface area contributed by atoms with Crippen molar-refractivity contribution in [1.82, 2.24) is 4.90 Å². The Morgan fingerprint density at radius 3 is 2.88 bits per heavy atom. The Morgan fingerprint density at radius 1 is 1.41 bits per heavy atom. The Hall–Kier alpha value is -1.39. The van der Waals surface area contributed by atoms with Crippen LogP contribution in [0.2, 0.25) is 0 Å². The minimum atomic E-state index is -0.795. The van der Waals surface area contributed by atoms with E-state index in [0.717, 1.165) is 13.1 Å². The number of nitrogens with zero attached hydrogens (tertiary/aromatic N) is 1. The summed E-state index contributed by atoms with van der Waals surface area (Å²) in [5.74, 6) is -0.795. The number of ether oxygens (including phenoxy) is 1. The van der Waals surface area contributed by atoms with Crippen molar-refractivity contribution in [2.75, 3.05) is 19.7 Å². The van der Waals surface area contributed by atoms with E-state index in [1.807, 2.05) is 18.2 Å². The molecule has 0 amide bonds. The van der Waals surface area contributed by atoms with Crippen LogP contribution in [0.15, 0.2) is 30.3 Å². The highest BCUT2D eigenvalue weighted by Crippen LogP contribution is 2.12. The SMILES string of the molecule is O=C(O)C[C@H]1CN(Cc2ccccc2)CCO1. The van der Waals surface area contributed by atoms with E-state index in [9.17, 15) is 4.79 Å². The third-order valence-electron chi connectivity index (χ3n) is 2.87. The summed E-state index contributed by atoms with van der Waals surface area (Å²) in [5, 5.41) is 8.74. The molecular formula is C13H17NO3. The number of carboxylic acids is 1. The molecule has 0 aromatic heterocycles. The normalized spacial score (nSPS) is 21.3. The van der Waals surface area contributed by atoms with Gasteiger partial charge in [-0.3, -0.25) is 9.69 Å². The number of aliphatic carboxylic acids is 1. The molecular weight excluding hydrogens is 218 g/mol. The van der Waals surface area contributed by atoms with Crippen LogP contribution in [0.3, 0.4) is 0 Å². The highest BCUT2D eigenvalue weighted by molar-refractivity contribution is 5.67. The van der Waals surface area contributed by atoms with Gasteiger partial charge in [0.15, 0.2) is 0 Å². The summed E-state index contributed by atoms with van der Waals surface area (Å²) < 4.78 is 5.43. The number of benzene rings is 1. The monoisotopic (exact) mass is 235 g/mol. The van der Waals surface area contributed by atoms with Gasteiger partial charge in [0.1, 0.15) is 0 Å². The predicted octanol–water partition coefficient (Wildman–Crippen LogP) is 1.36. The van der Waals surface area contributed by atoms with Crippen molar-refractivity contribution in [3.8, 4) is 0 Å². The zero-order valence-corrected chi connectivity index (χ0v) is 9.71. The first kappa shape index (κ1) is 12.1. The van der Waals surface area contributed by atoms with Crippen LogP contribution >= 0.6 is 0 Å². The minimum absolute atomic E-state index is 0.0886. The van der Waals surface area contributed by atoms with E-state index in [2.05, 4.69) is 17.0 Å². The van der Waals surface area contributed by atoms with Crippen molar-refractivity contribution in [3.05, 3.63) is 35.9 Å².